The van der Waals surface area contributed by atoms with Gasteiger partial charge < -0.3 is 9.84 Å². The standard InChI is InChI=1S/C10H8BrNO2/c1-14-8-5-9(13)12-7-4-2-3-6(11)10(7)8/h2-5H,1H3,(H,12,13). The van der Waals surface area contributed by atoms with Gasteiger partial charge >= 0.3 is 0 Å². The summed E-state index contributed by atoms with van der Waals surface area (Å²) in [6.45, 7) is 0. The van der Waals surface area contributed by atoms with Crippen LogP contribution in [0.15, 0.2) is 28.7 Å². The molecule has 0 spiro atoms. The third kappa shape index (κ3) is 1.42. The van der Waals surface area contributed by atoms with Crippen molar-refractivity contribution in [3.8, 4) is 11.6 Å². The van der Waals surface area contributed by atoms with Gasteiger partial charge in [-0.1, -0.05) is 6.07 Å². The fraction of sp³-hybridized carbons (Fsp3) is 0.100. The first-order valence-corrected chi connectivity index (χ1v) is 4.84. The second-order valence-corrected chi connectivity index (χ2v) is 3.67. The summed E-state index contributed by atoms with van der Waals surface area (Å²) in [6, 6.07) is 7.08. The summed E-state index contributed by atoms with van der Waals surface area (Å²) >= 11 is 3.41. The van der Waals surface area contributed by atoms with E-state index in [0.29, 0.717) is 11.3 Å². The SMILES string of the molecule is COc1cc(O)nc2cccc(Br)c12. The van der Waals surface area contributed by atoms with E-state index in [4.69, 9.17) is 4.74 Å². The Labute approximate surface area is 89.5 Å². The lowest BCUT2D eigenvalue weighted by atomic mass is 10.2. The largest absolute Gasteiger partial charge is 0.496 e. The Morgan fingerprint density at radius 2 is 2.21 bits per heavy atom. The van der Waals surface area contributed by atoms with Crippen molar-refractivity contribution in [1.82, 2.24) is 4.98 Å². The zero-order valence-electron chi connectivity index (χ0n) is 7.49. The molecule has 0 atom stereocenters. The van der Waals surface area contributed by atoms with Gasteiger partial charge in [0.15, 0.2) is 0 Å². The van der Waals surface area contributed by atoms with E-state index in [-0.39, 0.29) is 5.88 Å². The molecular weight excluding hydrogens is 246 g/mol. The van der Waals surface area contributed by atoms with Gasteiger partial charge in [-0.05, 0) is 28.1 Å². The van der Waals surface area contributed by atoms with Crippen LogP contribution >= 0.6 is 15.9 Å². The Morgan fingerprint density at radius 1 is 1.43 bits per heavy atom. The van der Waals surface area contributed by atoms with Crippen LogP contribution in [-0.4, -0.2) is 17.2 Å². The second kappa shape index (κ2) is 3.46. The van der Waals surface area contributed by atoms with Crippen LogP contribution in [0.4, 0.5) is 0 Å². The monoisotopic (exact) mass is 253 g/mol. The smallest absolute Gasteiger partial charge is 0.215 e. The summed E-state index contributed by atoms with van der Waals surface area (Å²) in [6.07, 6.45) is 0. The number of methoxy groups -OCH3 is 1. The highest BCUT2D eigenvalue weighted by atomic mass is 79.9. The molecular formula is C10H8BrNO2. The van der Waals surface area contributed by atoms with Gasteiger partial charge in [-0.2, -0.15) is 0 Å². The van der Waals surface area contributed by atoms with Crippen LogP contribution in [0.1, 0.15) is 0 Å². The van der Waals surface area contributed by atoms with Gasteiger partial charge in [0.2, 0.25) is 5.88 Å². The summed E-state index contributed by atoms with van der Waals surface area (Å²) in [5.74, 6) is 0.576. The van der Waals surface area contributed by atoms with Crippen molar-refractivity contribution in [1.29, 1.82) is 0 Å². The van der Waals surface area contributed by atoms with Crippen LogP contribution in [0.3, 0.4) is 0 Å². The number of aromatic nitrogens is 1. The highest BCUT2D eigenvalue weighted by molar-refractivity contribution is 9.10. The first-order valence-electron chi connectivity index (χ1n) is 4.04. The topological polar surface area (TPSA) is 42.4 Å². The normalized spacial score (nSPS) is 10.4. The molecule has 2 rings (SSSR count). The number of halogens is 1. The summed E-state index contributed by atoms with van der Waals surface area (Å²) in [5.41, 5.74) is 0.705. The number of hydrogen-bond donors (Lipinski definition) is 1. The van der Waals surface area contributed by atoms with Gasteiger partial charge in [0, 0.05) is 10.5 Å². The molecule has 0 amide bonds. The summed E-state index contributed by atoms with van der Waals surface area (Å²) in [4.78, 5) is 3.99. The van der Waals surface area contributed by atoms with Crippen molar-refractivity contribution in [3.05, 3.63) is 28.7 Å². The Morgan fingerprint density at radius 3 is 2.93 bits per heavy atom. The molecule has 72 valence electrons. The molecule has 1 N–H and O–H groups in total. The minimum absolute atomic E-state index is 0.0348. The van der Waals surface area contributed by atoms with Crippen molar-refractivity contribution in [3.63, 3.8) is 0 Å². The molecule has 0 bridgehead atoms. The molecule has 4 heteroatoms. The lowest BCUT2D eigenvalue weighted by Crippen LogP contribution is -1.88. The van der Waals surface area contributed by atoms with E-state index in [0.717, 1.165) is 9.86 Å². The molecule has 3 nitrogen and oxygen atoms in total. The summed E-state index contributed by atoms with van der Waals surface area (Å²) in [7, 11) is 1.56. The molecule has 0 saturated carbocycles. The number of nitrogens with zero attached hydrogens (tertiary/aromatic N) is 1. The van der Waals surface area contributed by atoms with Gasteiger partial charge in [0.05, 0.1) is 18.0 Å². The molecule has 0 saturated heterocycles. The predicted octanol–water partition coefficient (Wildman–Crippen LogP) is 2.71. The predicted molar refractivity (Wildman–Crippen MR) is 57.7 cm³/mol. The molecule has 0 aliphatic heterocycles. The molecule has 0 radical (unpaired) electrons. The zero-order chi connectivity index (χ0) is 10.1. The van der Waals surface area contributed by atoms with Crippen molar-refractivity contribution < 1.29 is 9.84 Å². The number of ether oxygens (including phenoxy) is 1. The maximum absolute atomic E-state index is 9.33. The Kier molecular flexibility index (Phi) is 2.29. The van der Waals surface area contributed by atoms with Gasteiger partial charge in [0.1, 0.15) is 5.75 Å². The van der Waals surface area contributed by atoms with Gasteiger partial charge in [0.25, 0.3) is 0 Å². The fourth-order valence-corrected chi connectivity index (χ4v) is 1.91. The zero-order valence-corrected chi connectivity index (χ0v) is 9.08. The van der Waals surface area contributed by atoms with Crippen LogP contribution in [-0.2, 0) is 0 Å². The van der Waals surface area contributed by atoms with Crippen LogP contribution in [0.2, 0.25) is 0 Å². The minimum Gasteiger partial charge on any atom is -0.496 e. The molecule has 0 unspecified atom stereocenters. The second-order valence-electron chi connectivity index (χ2n) is 2.82. The molecule has 1 aromatic heterocycles. The Balaban J connectivity index is 2.88. The number of pyridine rings is 1. The number of benzene rings is 1. The average Bonchev–Trinajstić information content (AvgIpc) is 2.16. The van der Waals surface area contributed by atoms with Crippen molar-refractivity contribution in [2.75, 3.05) is 7.11 Å². The van der Waals surface area contributed by atoms with Crippen molar-refractivity contribution >= 4 is 26.8 Å². The van der Waals surface area contributed by atoms with Gasteiger partial charge in [-0.25, -0.2) is 4.98 Å². The lowest BCUT2D eigenvalue weighted by molar-refractivity contribution is 0.408. The molecule has 0 fully saturated rings. The number of aromatic hydroxyl groups is 1. The Bertz CT molecular complexity index is 485. The number of hydrogen-bond acceptors (Lipinski definition) is 3. The molecule has 0 aliphatic rings. The highest BCUT2D eigenvalue weighted by Crippen LogP contribution is 2.33. The van der Waals surface area contributed by atoms with Crippen molar-refractivity contribution in [2.45, 2.75) is 0 Å². The molecule has 1 aromatic carbocycles. The summed E-state index contributed by atoms with van der Waals surface area (Å²) < 4.78 is 6.06. The van der Waals surface area contributed by atoms with Crippen molar-refractivity contribution in [2.24, 2.45) is 0 Å². The maximum Gasteiger partial charge on any atom is 0.215 e. The number of fused-ring (bicyclic) bond motifs is 1. The van der Waals surface area contributed by atoms with E-state index in [1.807, 2.05) is 18.2 Å². The lowest BCUT2D eigenvalue weighted by Gasteiger charge is -2.06. The molecule has 14 heavy (non-hydrogen) atoms. The van der Waals surface area contributed by atoms with E-state index in [2.05, 4.69) is 20.9 Å². The molecule has 1 heterocycles. The van der Waals surface area contributed by atoms with Crippen LogP contribution < -0.4 is 4.74 Å². The van der Waals surface area contributed by atoms with Gasteiger partial charge in [-0.3, -0.25) is 0 Å². The van der Waals surface area contributed by atoms with Crippen LogP contribution in [0.25, 0.3) is 10.9 Å². The van der Waals surface area contributed by atoms with E-state index >= 15 is 0 Å². The quantitative estimate of drug-likeness (QED) is 0.850. The van der Waals surface area contributed by atoms with Gasteiger partial charge in [-0.15, -0.1) is 0 Å². The average molecular weight is 254 g/mol. The van der Waals surface area contributed by atoms with E-state index in [1.165, 1.54) is 6.07 Å². The van der Waals surface area contributed by atoms with Crippen LogP contribution in [0.5, 0.6) is 11.6 Å². The maximum atomic E-state index is 9.33. The first kappa shape index (κ1) is 9.27. The third-order valence-corrected chi connectivity index (χ3v) is 2.61. The fourth-order valence-electron chi connectivity index (χ4n) is 1.36. The first-order chi connectivity index (χ1) is 6.72. The van der Waals surface area contributed by atoms with E-state index < -0.39 is 0 Å². The Hall–Kier alpha value is -1.29. The number of rotatable bonds is 1. The highest BCUT2D eigenvalue weighted by Gasteiger charge is 2.07. The minimum atomic E-state index is -0.0348. The summed E-state index contributed by atoms with van der Waals surface area (Å²) in [5, 5.41) is 10.2. The van der Waals surface area contributed by atoms with Crippen LogP contribution in [0, 0.1) is 0 Å². The van der Waals surface area contributed by atoms with E-state index in [1.54, 1.807) is 7.11 Å². The third-order valence-electron chi connectivity index (χ3n) is 1.95. The molecule has 2 aromatic rings. The molecule has 0 aliphatic carbocycles. The van der Waals surface area contributed by atoms with E-state index in [9.17, 15) is 5.11 Å².